The lowest BCUT2D eigenvalue weighted by molar-refractivity contribution is 0.0984. The lowest BCUT2D eigenvalue weighted by Crippen LogP contribution is -2.30. The summed E-state index contributed by atoms with van der Waals surface area (Å²) >= 11 is 1.28. The van der Waals surface area contributed by atoms with Gasteiger partial charge in [-0.15, -0.1) is 11.3 Å². The summed E-state index contributed by atoms with van der Waals surface area (Å²) in [5.41, 5.74) is 7.97. The van der Waals surface area contributed by atoms with Crippen LogP contribution in [0.25, 0.3) is 0 Å². The van der Waals surface area contributed by atoms with E-state index in [0.29, 0.717) is 17.4 Å². The Morgan fingerprint density at radius 2 is 2.28 bits per heavy atom. The molecule has 1 amide bonds. The van der Waals surface area contributed by atoms with Crippen LogP contribution in [0.15, 0.2) is 29.6 Å². The lowest BCUT2D eigenvalue weighted by atomic mass is 10.2. The molecule has 0 aliphatic carbocycles. The van der Waals surface area contributed by atoms with Crippen LogP contribution in [0.1, 0.15) is 23.0 Å². The minimum Gasteiger partial charge on any atom is -0.375 e. The van der Waals surface area contributed by atoms with Crippen molar-refractivity contribution in [3.8, 4) is 0 Å². The molecule has 18 heavy (non-hydrogen) atoms. The second kappa shape index (κ2) is 5.18. The molecule has 94 valence electrons. The van der Waals surface area contributed by atoms with E-state index in [1.165, 1.54) is 11.3 Å². The van der Waals surface area contributed by atoms with Crippen LogP contribution in [0.3, 0.4) is 0 Å². The number of rotatable bonds is 3. The molecular weight excluding hydrogens is 246 g/mol. The van der Waals surface area contributed by atoms with Gasteiger partial charge >= 0.3 is 0 Å². The number of amides is 1. The fourth-order valence-electron chi connectivity index (χ4n) is 1.76. The molecule has 0 unspecified atom stereocenters. The van der Waals surface area contributed by atoms with Gasteiger partial charge in [0.1, 0.15) is 5.69 Å². The van der Waals surface area contributed by atoms with Crippen molar-refractivity contribution in [1.82, 2.24) is 4.98 Å². The minimum absolute atomic E-state index is 0.115. The smallest absolute Gasteiger partial charge is 0.277 e. The number of aryl methyl sites for hydroxylation is 1. The molecule has 0 fully saturated rings. The molecule has 0 radical (unpaired) electrons. The predicted octanol–water partition coefficient (Wildman–Crippen LogP) is 2.70. The highest BCUT2D eigenvalue weighted by molar-refractivity contribution is 7.13. The zero-order valence-electron chi connectivity index (χ0n) is 10.4. The zero-order chi connectivity index (χ0) is 13.1. The van der Waals surface area contributed by atoms with Crippen molar-refractivity contribution in [3.63, 3.8) is 0 Å². The molecule has 0 bridgehead atoms. The normalized spacial score (nSPS) is 10.3. The van der Waals surface area contributed by atoms with Gasteiger partial charge in [0, 0.05) is 17.6 Å². The summed E-state index contributed by atoms with van der Waals surface area (Å²) in [6.45, 7) is 4.54. The molecular formula is C13H15N3OS. The van der Waals surface area contributed by atoms with Crippen molar-refractivity contribution >= 4 is 28.1 Å². The summed E-state index contributed by atoms with van der Waals surface area (Å²) < 4.78 is 0. The number of nitrogens with two attached hydrogens (primary N) is 1. The molecule has 2 N–H and O–H groups in total. The highest BCUT2D eigenvalue weighted by Crippen LogP contribution is 2.20. The van der Waals surface area contributed by atoms with Crippen LogP contribution in [0, 0.1) is 6.92 Å². The number of carbonyl (C=O) groups excluding carboxylic acids is 1. The van der Waals surface area contributed by atoms with Gasteiger partial charge < -0.3 is 10.6 Å². The summed E-state index contributed by atoms with van der Waals surface area (Å²) in [7, 11) is 0. The number of carbonyl (C=O) groups is 1. The van der Waals surface area contributed by atoms with Gasteiger partial charge in [0.15, 0.2) is 5.13 Å². The topological polar surface area (TPSA) is 59.2 Å². The first-order chi connectivity index (χ1) is 8.61. The number of nitrogens with zero attached hydrogens (tertiary/aromatic N) is 2. The van der Waals surface area contributed by atoms with E-state index in [-0.39, 0.29) is 5.91 Å². The number of thiazole rings is 1. The number of anilines is 2. The third-order valence-corrected chi connectivity index (χ3v) is 3.29. The largest absolute Gasteiger partial charge is 0.375 e. The Bertz CT molecular complexity index is 565. The van der Waals surface area contributed by atoms with Crippen LogP contribution < -0.4 is 10.6 Å². The third-order valence-electron chi connectivity index (χ3n) is 2.62. The molecule has 2 aromatic rings. The van der Waals surface area contributed by atoms with Gasteiger partial charge in [0.25, 0.3) is 5.91 Å². The van der Waals surface area contributed by atoms with Crippen molar-refractivity contribution < 1.29 is 4.79 Å². The SMILES string of the molecule is CCN(C(=O)c1csc(N)n1)c1cccc(C)c1. The van der Waals surface area contributed by atoms with Crippen molar-refractivity contribution in [2.45, 2.75) is 13.8 Å². The minimum atomic E-state index is -0.115. The lowest BCUT2D eigenvalue weighted by Gasteiger charge is -2.20. The molecule has 0 atom stereocenters. The van der Waals surface area contributed by atoms with Gasteiger partial charge in [-0.25, -0.2) is 4.98 Å². The van der Waals surface area contributed by atoms with E-state index >= 15 is 0 Å². The van der Waals surface area contributed by atoms with Gasteiger partial charge in [-0.2, -0.15) is 0 Å². The first kappa shape index (κ1) is 12.6. The van der Waals surface area contributed by atoms with Crippen LogP contribution in [0.5, 0.6) is 0 Å². The number of hydrogen-bond acceptors (Lipinski definition) is 4. The van der Waals surface area contributed by atoms with Crippen molar-refractivity contribution in [3.05, 3.63) is 40.9 Å². The second-order valence-corrected chi connectivity index (χ2v) is 4.85. The summed E-state index contributed by atoms with van der Waals surface area (Å²) in [6.07, 6.45) is 0. The summed E-state index contributed by atoms with van der Waals surface area (Å²) in [5, 5.41) is 2.11. The number of nitrogen functional groups attached to an aromatic ring is 1. The van der Waals surface area contributed by atoms with Gasteiger partial charge in [0.05, 0.1) is 0 Å². The Morgan fingerprint density at radius 3 is 2.83 bits per heavy atom. The number of hydrogen-bond donors (Lipinski definition) is 1. The van der Waals surface area contributed by atoms with Gasteiger partial charge in [-0.3, -0.25) is 4.79 Å². The molecule has 1 heterocycles. The van der Waals surface area contributed by atoms with E-state index in [1.807, 2.05) is 38.1 Å². The molecule has 5 heteroatoms. The maximum absolute atomic E-state index is 12.3. The van der Waals surface area contributed by atoms with E-state index in [0.717, 1.165) is 11.3 Å². The van der Waals surface area contributed by atoms with Gasteiger partial charge in [-0.05, 0) is 31.5 Å². The fraction of sp³-hybridized carbons (Fsp3) is 0.231. The molecule has 2 rings (SSSR count). The molecule has 0 saturated carbocycles. The van der Waals surface area contributed by atoms with Crippen molar-refractivity contribution in [2.24, 2.45) is 0 Å². The summed E-state index contributed by atoms with van der Waals surface area (Å²) in [5.74, 6) is -0.115. The Kier molecular flexibility index (Phi) is 3.62. The van der Waals surface area contributed by atoms with Crippen molar-refractivity contribution in [2.75, 3.05) is 17.2 Å². The van der Waals surface area contributed by atoms with E-state index in [4.69, 9.17) is 5.73 Å². The molecule has 4 nitrogen and oxygen atoms in total. The first-order valence-corrected chi connectivity index (χ1v) is 6.59. The molecule has 0 aliphatic heterocycles. The van der Waals surface area contributed by atoms with Crippen LogP contribution in [0.4, 0.5) is 10.8 Å². The summed E-state index contributed by atoms with van der Waals surface area (Å²) in [4.78, 5) is 18.0. The fourth-order valence-corrected chi connectivity index (χ4v) is 2.30. The standard InChI is InChI=1S/C13H15N3OS/c1-3-16(10-6-4-5-9(2)7-10)12(17)11-8-18-13(14)15-11/h4-8H,3H2,1-2H3,(H2,14,15). The quantitative estimate of drug-likeness (QED) is 0.924. The Hall–Kier alpha value is -1.88. The average molecular weight is 261 g/mol. The summed E-state index contributed by atoms with van der Waals surface area (Å²) in [6, 6.07) is 7.85. The number of aromatic nitrogens is 1. The zero-order valence-corrected chi connectivity index (χ0v) is 11.2. The molecule has 1 aromatic heterocycles. The van der Waals surface area contributed by atoms with Crippen LogP contribution in [-0.2, 0) is 0 Å². The predicted molar refractivity (Wildman–Crippen MR) is 75.1 cm³/mol. The first-order valence-electron chi connectivity index (χ1n) is 5.71. The van der Waals surface area contributed by atoms with E-state index < -0.39 is 0 Å². The highest BCUT2D eigenvalue weighted by Gasteiger charge is 2.18. The molecule has 0 saturated heterocycles. The van der Waals surface area contributed by atoms with Gasteiger partial charge in [0.2, 0.25) is 0 Å². The Morgan fingerprint density at radius 1 is 1.50 bits per heavy atom. The Balaban J connectivity index is 2.31. The highest BCUT2D eigenvalue weighted by atomic mass is 32.1. The number of benzene rings is 1. The third kappa shape index (κ3) is 2.51. The van der Waals surface area contributed by atoms with E-state index in [9.17, 15) is 4.79 Å². The average Bonchev–Trinajstić information content (AvgIpc) is 2.77. The van der Waals surface area contributed by atoms with Crippen LogP contribution >= 0.6 is 11.3 Å². The molecule has 0 spiro atoms. The second-order valence-electron chi connectivity index (χ2n) is 3.96. The van der Waals surface area contributed by atoms with Crippen molar-refractivity contribution in [1.29, 1.82) is 0 Å². The van der Waals surface area contributed by atoms with Gasteiger partial charge in [-0.1, -0.05) is 12.1 Å². The van der Waals surface area contributed by atoms with E-state index in [2.05, 4.69) is 4.98 Å². The maximum atomic E-state index is 12.3. The van der Waals surface area contributed by atoms with Crippen LogP contribution in [-0.4, -0.2) is 17.4 Å². The monoisotopic (exact) mass is 261 g/mol. The molecule has 0 aliphatic rings. The van der Waals surface area contributed by atoms with Crippen LogP contribution in [0.2, 0.25) is 0 Å². The van der Waals surface area contributed by atoms with E-state index in [1.54, 1.807) is 10.3 Å². The molecule has 1 aromatic carbocycles. The maximum Gasteiger partial charge on any atom is 0.277 e. The Labute approximate surface area is 110 Å².